The Morgan fingerprint density at radius 1 is 0.875 bits per heavy atom. The zero-order valence-electron chi connectivity index (χ0n) is 19.0. The smallest absolute Gasteiger partial charge is 0.348 e. The summed E-state index contributed by atoms with van der Waals surface area (Å²) in [6.07, 6.45) is 9.11. The van der Waals surface area contributed by atoms with Crippen LogP contribution in [0.4, 0.5) is 5.69 Å². The second kappa shape index (κ2) is 10.2. The van der Waals surface area contributed by atoms with Gasteiger partial charge in [0.1, 0.15) is 4.88 Å². The van der Waals surface area contributed by atoms with Crippen LogP contribution in [0.5, 0.6) is 0 Å². The first-order valence-corrected chi connectivity index (χ1v) is 13.2. The first kappa shape index (κ1) is 23.7. The number of carboxylic acids is 1. The highest BCUT2D eigenvalue weighted by Crippen LogP contribution is 2.43. The molecule has 1 aromatic rings. The molecule has 0 aliphatic heterocycles. The van der Waals surface area contributed by atoms with Crippen molar-refractivity contribution in [2.75, 3.05) is 4.90 Å². The van der Waals surface area contributed by atoms with E-state index in [0.29, 0.717) is 37.3 Å². The summed E-state index contributed by atoms with van der Waals surface area (Å²) in [6, 6.07) is 1.91. The molecule has 0 unspecified atom stereocenters. The van der Waals surface area contributed by atoms with Gasteiger partial charge >= 0.3 is 5.97 Å². The van der Waals surface area contributed by atoms with Crippen molar-refractivity contribution in [3.63, 3.8) is 0 Å². The van der Waals surface area contributed by atoms with Gasteiger partial charge in [-0.15, -0.1) is 11.3 Å². The summed E-state index contributed by atoms with van der Waals surface area (Å²) in [5.74, 6) is -0.0627. The molecular formula is C25H37NO5S. The lowest BCUT2D eigenvalue weighted by atomic mass is 9.81. The van der Waals surface area contributed by atoms with Gasteiger partial charge in [0, 0.05) is 16.8 Å². The molecule has 3 aliphatic rings. The van der Waals surface area contributed by atoms with Gasteiger partial charge in [-0.3, -0.25) is 4.79 Å². The molecule has 0 bridgehead atoms. The molecule has 32 heavy (non-hydrogen) atoms. The monoisotopic (exact) mass is 463 g/mol. The van der Waals surface area contributed by atoms with E-state index in [2.05, 4.69) is 6.92 Å². The fraction of sp³-hybridized carbons (Fsp3) is 0.760. The van der Waals surface area contributed by atoms with E-state index < -0.39 is 5.97 Å². The van der Waals surface area contributed by atoms with Crippen molar-refractivity contribution in [1.82, 2.24) is 0 Å². The van der Waals surface area contributed by atoms with E-state index >= 15 is 0 Å². The minimum Gasteiger partial charge on any atom is -0.477 e. The SMILES string of the molecule is C[C@H]1CC[C@H](C(=O)N(c2cc(C3CCC(O)CC3)sc2C(=O)O)[C@H]2CC[C@H](O)CC2)CC1. The van der Waals surface area contributed by atoms with Crippen molar-refractivity contribution in [2.24, 2.45) is 11.8 Å². The number of anilines is 1. The van der Waals surface area contributed by atoms with Crippen molar-refractivity contribution in [1.29, 1.82) is 0 Å². The van der Waals surface area contributed by atoms with Crippen LogP contribution >= 0.6 is 11.3 Å². The van der Waals surface area contributed by atoms with Gasteiger partial charge in [-0.05, 0) is 95.0 Å². The van der Waals surface area contributed by atoms with Crippen LogP contribution in [0.1, 0.15) is 104 Å². The number of amides is 1. The summed E-state index contributed by atoms with van der Waals surface area (Å²) < 4.78 is 0. The van der Waals surface area contributed by atoms with E-state index in [1.807, 2.05) is 11.0 Å². The summed E-state index contributed by atoms with van der Waals surface area (Å²) in [5.41, 5.74) is 0.564. The Morgan fingerprint density at radius 3 is 2.00 bits per heavy atom. The maximum Gasteiger partial charge on any atom is 0.348 e. The number of rotatable bonds is 5. The van der Waals surface area contributed by atoms with Crippen LogP contribution in [0.15, 0.2) is 6.07 Å². The minimum absolute atomic E-state index is 0.0483. The number of hydrogen-bond donors (Lipinski definition) is 3. The maximum atomic E-state index is 13.8. The van der Waals surface area contributed by atoms with Crippen molar-refractivity contribution < 1.29 is 24.9 Å². The maximum absolute atomic E-state index is 13.8. The van der Waals surface area contributed by atoms with Crippen LogP contribution in [0, 0.1) is 11.8 Å². The molecule has 1 heterocycles. The largest absolute Gasteiger partial charge is 0.477 e. The predicted molar refractivity (Wildman–Crippen MR) is 125 cm³/mol. The summed E-state index contributed by atoms with van der Waals surface area (Å²) in [7, 11) is 0. The number of aliphatic hydroxyl groups is 2. The summed E-state index contributed by atoms with van der Waals surface area (Å²) in [4.78, 5) is 29.2. The van der Waals surface area contributed by atoms with Gasteiger partial charge in [0.2, 0.25) is 5.91 Å². The highest BCUT2D eigenvalue weighted by Gasteiger charge is 2.38. The Kier molecular flexibility index (Phi) is 7.58. The molecule has 3 aliphatic carbocycles. The summed E-state index contributed by atoms with van der Waals surface area (Å²) >= 11 is 1.31. The Bertz CT molecular complexity index is 799. The normalized spacial score (nSPS) is 33.6. The van der Waals surface area contributed by atoms with Gasteiger partial charge in [0.25, 0.3) is 0 Å². The van der Waals surface area contributed by atoms with Gasteiger partial charge < -0.3 is 20.2 Å². The summed E-state index contributed by atoms with van der Waals surface area (Å²) in [5, 5.41) is 29.9. The molecule has 6 nitrogen and oxygen atoms in total. The Labute approximate surface area is 194 Å². The van der Waals surface area contributed by atoms with Crippen LogP contribution in [-0.2, 0) is 4.79 Å². The molecule has 3 saturated carbocycles. The Hall–Kier alpha value is -1.44. The Morgan fingerprint density at radius 2 is 1.44 bits per heavy atom. The second-order valence-electron chi connectivity index (χ2n) is 10.3. The van der Waals surface area contributed by atoms with Crippen molar-refractivity contribution >= 4 is 28.9 Å². The quantitative estimate of drug-likeness (QED) is 0.575. The first-order valence-electron chi connectivity index (χ1n) is 12.4. The highest BCUT2D eigenvalue weighted by atomic mass is 32.1. The second-order valence-corrected chi connectivity index (χ2v) is 11.4. The van der Waals surface area contributed by atoms with Gasteiger partial charge in [-0.2, -0.15) is 0 Å². The molecule has 0 saturated heterocycles. The van der Waals surface area contributed by atoms with Crippen molar-refractivity contribution in [3.8, 4) is 0 Å². The van der Waals surface area contributed by atoms with E-state index in [4.69, 9.17) is 0 Å². The predicted octanol–water partition coefficient (Wildman–Crippen LogP) is 4.93. The number of nitrogens with zero attached hydrogens (tertiary/aromatic N) is 1. The number of carbonyl (C=O) groups is 2. The highest BCUT2D eigenvalue weighted by molar-refractivity contribution is 7.14. The van der Waals surface area contributed by atoms with Crippen LogP contribution in [0.2, 0.25) is 0 Å². The fourth-order valence-corrected chi connectivity index (χ4v) is 6.97. The van der Waals surface area contributed by atoms with Crippen LogP contribution < -0.4 is 4.90 Å². The van der Waals surface area contributed by atoms with E-state index in [1.54, 1.807) is 0 Å². The molecule has 4 rings (SSSR count). The van der Waals surface area contributed by atoms with Crippen LogP contribution in [0.3, 0.4) is 0 Å². The third-order valence-corrected chi connectivity index (χ3v) is 9.19. The van der Waals surface area contributed by atoms with E-state index in [0.717, 1.165) is 56.2 Å². The number of hydrogen-bond acceptors (Lipinski definition) is 5. The zero-order chi connectivity index (χ0) is 22.8. The zero-order valence-corrected chi connectivity index (χ0v) is 19.9. The molecule has 0 spiro atoms. The molecule has 0 radical (unpaired) electrons. The van der Waals surface area contributed by atoms with Crippen LogP contribution in [-0.4, -0.2) is 45.4 Å². The summed E-state index contributed by atoms with van der Waals surface area (Å²) in [6.45, 7) is 2.23. The number of carbonyl (C=O) groups excluding carboxylic acids is 1. The number of carboxylic acid groups (broad SMARTS) is 1. The van der Waals surface area contributed by atoms with Gasteiger partial charge in [-0.1, -0.05) is 6.92 Å². The average Bonchev–Trinajstić information content (AvgIpc) is 3.21. The molecule has 3 fully saturated rings. The molecule has 1 aromatic heterocycles. The number of aliphatic hydroxyl groups excluding tert-OH is 2. The lowest BCUT2D eigenvalue weighted by Gasteiger charge is -2.38. The first-order chi connectivity index (χ1) is 15.3. The molecule has 0 atom stereocenters. The number of thiophene rings is 1. The average molecular weight is 464 g/mol. The molecule has 3 N–H and O–H groups in total. The topological polar surface area (TPSA) is 98.1 Å². The van der Waals surface area contributed by atoms with Gasteiger partial charge in [-0.25, -0.2) is 4.79 Å². The molecular weight excluding hydrogens is 426 g/mol. The molecule has 1 amide bonds. The van der Waals surface area contributed by atoms with E-state index in [-0.39, 0.29) is 40.9 Å². The van der Waals surface area contributed by atoms with Gasteiger partial charge in [0.15, 0.2) is 0 Å². The third kappa shape index (κ3) is 5.20. The molecule has 178 valence electrons. The standard InChI is InChI=1S/C25H37NO5S/c1-15-2-4-17(5-3-15)24(29)26(18-8-12-20(28)13-9-18)21-14-22(32-23(21)25(30)31)16-6-10-19(27)11-7-16/h14-20,27-28H,2-13H2,1H3,(H,30,31)/t15-,16?,17-,18-,19?,20-. The lowest BCUT2D eigenvalue weighted by molar-refractivity contribution is -0.124. The Balaban J connectivity index is 1.66. The third-order valence-electron chi connectivity index (χ3n) is 7.92. The van der Waals surface area contributed by atoms with Crippen molar-refractivity contribution in [2.45, 2.75) is 108 Å². The fourth-order valence-electron chi connectivity index (χ4n) is 5.81. The van der Waals surface area contributed by atoms with E-state index in [9.17, 15) is 24.9 Å². The molecule has 0 aromatic carbocycles. The lowest BCUT2D eigenvalue weighted by Crippen LogP contribution is -2.47. The van der Waals surface area contributed by atoms with E-state index in [1.165, 1.54) is 11.3 Å². The molecule has 7 heteroatoms. The van der Waals surface area contributed by atoms with Crippen LogP contribution in [0.25, 0.3) is 0 Å². The minimum atomic E-state index is -0.974. The van der Waals surface area contributed by atoms with Crippen molar-refractivity contribution in [3.05, 3.63) is 15.8 Å². The number of aromatic carboxylic acids is 1. The van der Waals surface area contributed by atoms with Gasteiger partial charge in [0.05, 0.1) is 17.9 Å².